The molecule has 0 bridgehead atoms. The molecule has 0 N–H and O–H groups in total. The second-order valence-electron chi connectivity index (χ2n) is 3.24. The molecule has 0 saturated carbocycles. The quantitative estimate of drug-likeness (QED) is 0.486. The summed E-state index contributed by atoms with van der Waals surface area (Å²) in [7, 11) is 0. The van der Waals surface area contributed by atoms with Gasteiger partial charge in [0.05, 0.1) is 12.2 Å². The van der Waals surface area contributed by atoms with Crippen molar-refractivity contribution in [3.63, 3.8) is 0 Å². The van der Waals surface area contributed by atoms with Crippen LogP contribution in [0.4, 0.5) is 0 Å². The van der Waals surface area contributed by atoms with E-state index in [9.17, 15) is 9.59 Å². The Kier molecular flexibility index (Phi) is 5.05. The fourth-order valence-electron chi connectivity index (χ4n) is 1.38. The monoisotopic (exact) mass is 238 g/mol. The second kappa shape index (κ2) is 6.33. The van der Waals surface area contributed by atoms with E-state index in [0.717, 1.165) is 11.8 Å². The van der Waals surface area contributed by atoms with Gasteiger partial charge in [0, 0.05) is 11.3 Å². The van der Waals surface area contributed by atoms with Crippen LogP contribution in [-0.2, 0) is 16.0 Å². The van der Waals surface area contributed by atoms with Crippen molar-refractivity contribution in [3.05, 3.63) is 29.3 Å². The van der Waals surface area contributed by atoms with Gasteiger partial charge >= 0.3 is 5.97 Å². The van der Waals surface area contributed by atoms with E-state index in [0.29, 0.717) is 29.9 Å². The molecule has 0 unspecified atom stereocenters. The molecular formula is C12H14O3S. The smallest absolute Gasteiger partial charge is 0.339 e. The number of aldehydes is 1. The summed E-state index contributed by atoms with van der Waals surface area (Å²) in [6.07, 6.45) is 1.87. The van der Waals surface area contributed by atoms with E-state index in [1.165, 1.54) is 0 Å². The molecule has 0 radical (unpaired) electrons. The van der Waals surface area contributed by atoms with Crippen molar-refractivity contribution in [3.8, 4) is 0 Å². The Hall–Kier alpha value is -1.29. The van der Waals surface area contributed by atoms with Crippen molar-refractivity contribution in [1.29, 1.82) is 0 Å². The molecule has 0 aliphatic carbocycles. The first kappa shape index (κ1) is 12.8. The number of carbonyl (C=O) groups is 2. The number of benzene rings is 1. The zero-order chi connectivity index (χ0) is 12.0. The third-order valence-corrected chi connectivity index (χ3v) is 2.67. The van der Waals surface area contributed by atoms with Crippen molar-refractivity contribution >= 4 is 24.9 Å². The summed E-state index contributed by atoms with van der Waals surface area (Å²) in [5, 5.41) is 0. The third-order valence-electron chi connectivity index (χ3n) is 2.15. The Balaban J connectivity index is 2.93. The van der Waals surface area contributed by atoms with Gasteiger partial charge in [0.2, 0.25) is 0 Å². The maximum absolute atomic E-state index is 11.6. The van der Waals surface area contributed by atoms with E-state index < -0.39 is 0 Å². The Morgan fingerprint density at radius 2 is 2.25 bits per heavy atom. The van der Waals surface area contributed by atoms with Crippen LogP contribution in [0.15, 0.2) is 23.1 Å². The van der Waals surface area contributed by atoms with Crippen LogP contribution in [0.2, 0.25) is 0 Å². The maximum atomic E-state index is 11.6. The van der Waals surface area contributed by atoms with Crippen molar-refractivity contribution < 1.29 is 14.3 Å². The van der Waals surface area contributed by atoms with Crippen LogP contribution in [-0.4, -0.2) is 18.9 Å². The fraction of sp³-hybridized carbons (Fsp3) is 0.333. The van der Waals surface area contributed by atoms with Crippen molar-refractivity contribution in [2.75, 3.05) is 6.61 Å². The highest BCUT2D eigenvalue weighted by Crippen LogP contribution is 2.21. The summed E-state index contributed by atoms with van der Waals surface area (Å²) in [5.74, 6) is -0.375. The molecule has 0 fully saturated rings. The van der Waals surface area contributed by atoms with Crippen LogP contribution in [0.3, 0.4) is 0 Å². The maximum Gasteiger partial charge on any atom is 0.339 e. The lowest BCUT2D eigenvalue weighted by Gasteiger charge is -2.08. The Bertz CT molecular complexity index is 388. The minimum Gasteiger partial charge on any atom is -0.462 e. The molecule has 86 valence electrons. The summed E-state index contributed by atoms with van der Waals surface area (Å²) in [5.41, 5.74) is 1.34. The fourth-order valence-corrected chi connectivity index (χ4v) is 1.73. The number of ether oxygens (including phenoxy) is 1. The lowest BCUT2D eigenvalue weighted by Crippen LogP contribution is -2.07. The van der Waals surface area contributed by atoms with Crippen LogP contribution in [0.25, 0.3) is 0 Å². The molecule has 0 heterocycles. The topological polar surface area (TPSA) is 43.4 Å². The van der Waals surface area contributed by atoms with Gasteiger partial charge in [-0.05, 0) is 25.0 Å². The van der Waals surface area contributed by atoms with E-state index in [4.69, 9.17) is 4.74 Å². The highest BCUT2D eigenvalue weighted by atomic mass is 32.1. The molecule has 1 aromatic rings. The van der Waals surface area contributed by atoms with Gasteiger partial charge in [-0.25, -0.2) is 4.79 Å². The first-order valence-electron chi connectivity index (χ1n) is 5.12. The Morgan fingerprint density at radius 1 is 1.50 bits per heavy atom. The Morgan fingerprint density at radius 3 is 2.88 bits per heavy atom. The van der Waals surface area contributed by atoms with Crippen LogP contribution in [0.1, 0.15) is 29.3 Å². The minimum absolute atomic E-state index is 0.338. The lowest BCUT2D eigenvalue weighted by molar-refractivity contribution is -0.107. The highest BCUT2D eigenvalue weighted by Gasteiger charge is 2.12. The molecule has 16 heavy (non-hydrogen) atoms. The van der Waals surface area contributed by atoms with E-state index in [1.807, 2.05) is 6.07 Å². The summed E-state index contributed by atoms with van der Waals surface area (Å²) in [4.78, 5) is 22.4. The standard InChI is InChI=1S/C12H14O3S/c1-2-15-12(14)10-7-3-5-9(11(10)16)6-4-8-13/h3,5,7-8,16H,2,4,6H2,1H3. The van der Waals surface area contributed by atoms with E-state index in [-0.39, 0.29) is 5.97 Å². The molecule has 4 heteroatoms. The summed E-state index contributed by atoms with van der Waals surface area (Å²) in [6.45, 7) is 2.09. The number of thiol groups is 1. The van der Waals surface area contributed by atoms with Gasteiger partial charge in [-0.15, -0.1) is 12.6 Å². The van der Waals surface area contributed by atoms with Gasteiger partial charge in [0.15, 0.2) is 0 Å². The largest absolute Gasteiger partial charge is 0.462 e. The van der Waals surface area contributed by atoms with Gasteiger partial charge in [-0.1, -0.05) is 12.1 Å². The van der Waals surface area contributed by atoms with Gasteiger partial charge < -0.3 is 9.53 Å². The van der Waals surface area contributed by atoms with E-state index in [1.54, 1.807) is 19.1 Å². The first-order valence-corrected chi connectivity index (χ1v) is 5.57. The van der Waals surface area contributed by atoms with Crippen molar-refractivity contribution in [2.24, 2.45) is 0 Å². The lowest BCUT2D eigenvalue weighted by atomic mass is 10.1. The van der Waals surface area contributed by atoms with Crippen LogP contribution >= 0.6 is 12.6 Å². The number of carbonyl (C=O) groups excluding carboxylic acids is 2. The Labute approximate surface area is 100 Å². The SMILES string of the molecule is CCOC(=O)c1cccc(CCC=O)c1S. The zero-order valence-electron chi connectivity index (χ0n) is 9.10. The van der Waals surface area contributed by atoms with Gasteiger partial charge in [0.1, 0.15) is 6.29 Å². The molecule has 1 aromatic carbocycles. The van der Waals surface area contributed by atoms with E-state index in [2.05, 4.69) is 12.6 Å². The van der Waals surface area contributed by atoms with Gasteiger partial charge in [-0.2, -0.15) is 0 Å². The number of esters is 1. The molecule has 0 amide bonds. The van der Waals surface area contributed by atoms with Gasteiger partial charge in [0.25, 0.3) is 0 Å². The number of aryl methyl sites for hydroxylation is 1. The predicted octanol–water partition coefficient (Wildman–Crippen LogP) is 2.28. The predicted molar refractivity (Wildman–Crippen MR) is 64.0 cm³/mol. The normalized spacial score (nSPS) is 9.88. The molecule has 0 aromatic heterocycles. The molecular weight excluding hydrogens is 224 g/mol. The van der Waals surface area contributed by atoms with E-state index >= 15 is 0 Å². The number of rotatable bonds is 5. The number of hydrogen-bond donors (Lipinski definition) is 1. The minimum atomic E-state index is -0.375. The summed E-state index contributed by atoms with van der Waals surface area (Å²) < 4.78 is 4.91. The zero-order valence-corrected chi connectivity index (χ0v) is 10.00. The van der Waals surface area contributed by atoms with Gasteiger partial charge in [-0.3, -0.25) is 0 Å². The first-order chi connectivity index (χ1) is 7.70. The average molecular weight is 238 g/mol. The molecule has 3 nitrogen and oxygen atoms in total. The molecule has 0 saturated heterocycles. The summed E-state index contributed by atoms with van der Waals surface area (Å²) >= 11 is 4.30. The number of hydrogen-bond acceptors (Lipinski definition) is 4. The second-order valence-corrected chi connectivity index (χ2v) is 3.69. The van der Waals surface area contributed by atoms with Crippen molar-refractivity contribution in [1.82, 2.24) is 0 Å². The summed E-state index contributed by atoms with van der Waals surface area (Å²) in [6, 6.07) is 5.30. The molecule has 0 atom stereocenters. The third kappa shape index (κ3) is 3.10. The highest BCUT2D eigenvalue weighted by molar-refractivity contribution is 7.80. The molecule has 0 spiro atoms. The molecule has 1 rings (SSSR count). The molecule has 0 aliphatic rings. The molecule has 0 aliphatic heterocycles. The van der Waals surface area contributed by atoms with Crippen molar-refractivity contribution in [2.45, 2.75) is 24.7 Å². The average Bonchev–Trinajstić information content (AvgIpc) is 2.28. The van der Waals surface area contributed by atoms with Crippen LogP contribution in [0.5, 0.6) is 0 Å². The van der Waals surface area contributed by atoms with Crippen LogP contribution < -0.4 is 0 Å². The van der Waals surface area contributed by atoms with Crippen LogP contribution in [0, 0.1) is 0 Å².